The lowest BCUT2D eigenvalue weighted by atomic mass is 10.2. The molecule has 2 aromatic heterocycles. The van der Waals surface area contributed by atoms with Crippen LogP contribution in [0, 0.1) is 0 Å². The molecule has 3 rings (SSSR count). The van der Waals surface area contributed by atoms with Gasteiger partial charge in [0.15, 0.2) is 0 Å². The number of fused-ring (bicyclic) bond motifs is 1. The molecule has 3 aromatic rings. The number of hydrogen-bond donors (Lipinski definition) is 2. The second kappa shape index (κ2) is 5.46. The fraction of sp³-hybridized carbons (Fsp3) is 0.200. The minimum atomic E-state index is -0.938. The van der Waals surface area contributed by atoms with Gasteiger partial charge in [0.25, 0.3) is 0 Å². The molecule has 0 saturated heterocycles. The van der Waals surface area contributed by atoms with E-state index in [1.54, 1.807) is 23.5 Å². The van der Waals surface area contributed by atoms with Crippen LogP contribution >= 0.6 is 11.3 Å². The van der Waals surface area contributed by atoms with Crippen LogP contribution in [0.2, 0.25) is 0 Å². The molecular formula is C15H14N2O2S. The Kier molecular flexibility index (Phi) is 3.52. The van der Waals surface area contributed by atoms with E-state index in [1.807, 2.05) is 6.07 Å². The highest BCUT2D eigenvalue weighted by molar-refractivity contribution is 7.09. The molecule has 2 N–H and O–H groups in total. The Morgan fingerprint density at radius 3 is 2.90 bits per heavy atom. The Labute approximate surface area is 120 Å². The van der Waals surface area contributed by atoms with Crippen molar-refractivity contribution in [2.45, 2.75) is 19.3 Å². The predicted molar refractivity (Wildman–Crippen MR) is 79.4 cm³/mol. The van der Waals surface area contributed by atoms with Gasteiger partial charge < -0.3 is 10.1 Å². The van der Waals surface area contributed by atoms with Crippen LogP contribution in [0.5, 0.6) is 0 Å². The molecule has 0 amide bonds. The molecule has 1 aromatic carbocycles. The van der Waals surface area contributed by atoms with E-state index in [0.29, 0.717) is 5.52 Å². The summed E-state index contributed by atoms with van der Waals surface area (Å²) in [5.41, 5.74) is 1.59. The van der Waals surface area contributed by atoms with Crippen molar-refractivity contribution in [2.24, 2.45) is 0 Å². The number of para-hydroxylation sites is 1. The fourth-order valence-electron chi connectivity index (χ4n) is 2.26. The molecule has 0 unspecified atom stereocenters. The highest BCUT2D eigenvalue weighted by Crippen LogP contribution is 2.18. The summed E-state index contributed by atoms with van der Waals surface area (Å²) in [6, 6.07) is 9.37. The van der Waals surface area contributed by atoms with Crippen LogP contribution in [0.25, 0.3) is 11.0 Å². The number of rotatable bonds is 5. The lowest BCUT2D eigenvalue weighted by molar-refractivity contribution is 0.0699. The molecule has 0 bridgehead atoms. The summed E-state index contributed by atoms with van der Waals surface area (Å²) in [6.07, 6.45) is 2.86. The van der Waals surface area contributed by atoms with Crippen molar-refractivity contribution < 1.29 is 9.90 Å². The highest BCUT2D eigenvalue weighted by atomic mass is 32.1. The molecule has 0 aliphatic rings. The monoisotopic (exact) mass is 286 g/mol. The molecule has 0 aliphatic heterocycles. The minimum Gasteiger partial charge on any atom is -0.478 e. The van der Waals surface area contributed by atoms with Crippen molar-refractivity contribution in [2.75, 3.05) is 0 Å². The van der Waals surface area contributed by atoms with Gasteiger partial charge in [-0.2, -0.15) is 0 Å². The molecular weight excluding hydrogens is 272 g/mol. The lowest BCUT2D eigenvalue weighted by Crippen LogP contribution is -1.97. The first kappa shape index (κ1) is 12.9. The molecule has 0 spiro atoms. The lowest BCUT2D eigenvalue weighted by Gasteiger charge is -1.95. The van der Waals surface area contributed by atoms with Crippen LogP contribution < -0.4 is 0 Å². The van der Waals surface area contributed by atoms with Crippen molar-refractivity contribution >= 4 is 28.3 Å². The molecule has 0 fully saturated rings. The maximum absolute atomic E-state index is 11.1. The number of carboxylic acid groups (broad SMARTS) is 1. The number of carboxylic acids is 1. The van der Waals surface area contributed by atoms with Gasteiger partial charge >= 0.3 is 5.97 Å². The fourth-order valence-corrected chi connectivity index (χ4v) is 3.01. The summed E-state index contributed by atoms with van der Waals surface area (Å²) in [5.74, 6) is -0.0857. The van der Waals surface area contributed by atoms with Crippen LogP contribution in [0.15, 0.2) is 35.7 Å². The number of hydrogen-bond acceptors (Lipinski definition) is 3. The van der Waals surface area contributed by atoms with E-state index in [2.05, 4.69) is 27.5 Å². The second-order valence-corrected chi connectivity index (χ2v) is 5.66. The number of aromatic nitrogens is 2. The molecule has 4 nitrogen and oxygen atoms in total. The van der Waals surface area contributed by atoms with Crippen LogP contribution in [-0.4, -0.2) is 21.0 Å². The van der Waals surface area contributed by atoms with E-state index in [0.717, 1.165) is 30.6 Å². The summed E-state index contributed by atoms with van der Waals surface area (Å²) < 4.78 is 0. The van der Waals surface area contributed by atoms with E-state index in [-0.39, 0.29) is 5.56 Å². The Bertz CT molecular complexity index is 732. The second-order valence-electron chi connectivity index (χ2n) is 4.62. The van der Waals surface area contributed by atoms with Gasteiger partial charge in [0, 0.05) is 11.3 Å². The Morgan fingerprint density at radius 2 is 2.15 bits per heavy atom. The molecule has 0 aliphatic carbocycles. The topological polar surface area (TPSA) is 66.0 Å². The van der Waals surface area contributed by atoms with E-state index in [1.165, 1.54) is 4.88 Å². The number of nitrogens with zero attached hydrogens (tertiary/aromatic N) is 1. The van der Waals surface area contributed by atoms with E-state index >= 15 is 0 Å². The third-order valence-electron chi connectivity index (χ3n) is 3.21. The van der Waals surface area contributed by atoms with Gasteiger partial charge in [0.05, 0.1) is 11.1 Å². The molecule has 20 heavy (non-hydrogen) atoms. The molecule has 0 radical (unpaired) electrons. The quantitative estimate of drug-likeness (QED) is 0.754. The van der Waals surface area contributed by atoms with Gasteiger partial charge in [-0.3, -0.25) is 0 Å². The average molecular weight is 286 g/mol. The first-order chi connectivity index (χ1) is 9.74. The Balaban J connectivity index is 1.76. The summed E-state index contributed by atoms with van der Waals surface area (Å²) in [4.78, 5) is 20.1. The summed E-state index contributed by atoms with van der Waals surface area (Å²) in [6.45, 7) is 0. The minimum absolute atomic E-state index is 0.253. The number of aryl methyl sites for hydroxylation is 2. The third-order valence-corrected chi connectivity index (χ3v) is 4.15. The van der Waals surface area contributed by atoms with E-state index in [9.17, 15) is 4.79 Å². The van der Waals surface area contributed by atoms with Crippen LogP contribution in [0.1, 0.15) is 27.5 Å². The number of thiophene rings is 1. The van der Waals surface area contributed by atoms with Gasteiger partial charge in [0.2, 0.25) is 0 Å². The highest BCUT2D eigenvalue weighted by Gasteiger charge is 2.12. The third kappa shape index (κ3) is 2.58. The molecule has 5 heteroatoms. The maximum Gasteiger partial charge on any atom is 0.337 e. The van der Waals surface area contributed by atoms with Gasteiger partial charge in [0.1, 0.15) is 11.3 Å². The zero-order valence-corrected chi connectivity index (χ0v) is 11.6. The van der Waals surface area contributed by atoms with E-state index in [4.69, 9.17) is 5.11 Å². The Morgan fingerprint density at radius 1 is 1.25 bits per heavy atom. The predicted octanol–water partition coefficient (Wildman–Crippen LogP) is 3.50. The number of H-pyrrole nitrogens is 1. The summed E-state index contributed by atoms with van der Waals surface area (Å²) in [5, 5.41) is 11.2. The van der Waals surface area contributed by atoms with Gasteiger partial charge in [-0.25, -0.2) is 9.78 Å². The van der Waals surface area contributed by atoms with Crippen molar-refractivity contribution in [3.8, 4) is 0 Å². The van der Waals surface area contributed by atoms with Crippen LogP contribution in [0.4, 0.5) is 0 Å². The molecule has 102 valence electrons. The van der Waals surface area contributed by atoms with Gasteiger partial charge in [-0.1, -0.05) is 12.1 Å². The number of carbonyl (C=O) groups is 1. The molecule has 2 heterocycles. The number of nitrogens with one attached hydrogen (secondary N) is 1. The number of benzene rings is 1. The van der Waals surface area contributed by atoms with Crippen LogP contribution in [-0.2, 0) is 12.8 Å². The smallest absolute Gasteiger partial charge is 0.337 e. The Hall–Kier alpha value is -2.14. The van der Waals surface area contributed by atoms with Gasteiger partial charge in [-0.15, -0.1) is 11.3 Å². The number of aromatic amines is 1. The number of imidazole rings is 1. The van der Waals surface area contributed by atoms with Crippen molar-refractivity contribution in [3.05, 3.63) is 52.0 Å². The zero-order valence-electron chi connectivity index (χ0n) is 10.8. The first-order valence-corrected chi connectivity index (χ1v) is 7.35. The van der Waals surface area contributed by atoms with Gasteiger partial charge in [-0.05, 0) is 36.4 Å². The SMILES string of the molecule is O=C(O)c1cccc2[nH]c(CCCc3cccs3)nc12. The zero-order chi connectivity index (χ0) is 13.9. The summed E-state index contributed by atoms with van der Waals surface area (Å²) >= 11 is 1.76. The molecule has 0 atom stereocenters. The van der Waals surface area contributed by atoms with Crippen LogP contribution in [0.3, 0.4) is 0 Å². The van der Waals surface area contributed by atoms with Crippen molar-refractivity contribution in [1.29, 1.82) is 0 Å². The number of aromatic carboxylic acids is 1. The maximum atomic E-state index is 11.1. The standard InChI is InChI=1S/C15H14N2O2S/c18-15(19)11-6-2-7-12-14(11)17-13(16-12)8-1-4-10-5-3-9-20-10/h2-3,5-7,9H,1,4,8H2,(H,16,17)(H,18,19). The first-order valence-electron chi connectivity index (χ1n) is 6.47. The largest absolute Gasteiger partial charge is 0.478 e. The molecule has 0 saturated carbocycles. The van der Waals surface area contributed by atoms with Crippen molar-refractivity contribution in [1.82, 2.24) is 9.97 Å². The average Bonchev–Trinajstić information content (AvgIpc) is 3.06. The normalized spacial score (nSPS) is 11.0. The summed E-state index contributed by atoms with van der Waals surface area (Å²) in [7, 11) is 0. The van der Waals surface area contributed by atoms with Crippen molar-refractivity contribution in [3.63, 3.8) is 0 Å². The van der Waals surface area contributed by atoms with E-state index < -0.39 is 5.97 Å².